The van der Waals surface area contributed by atoms with Crippen LogP contribution >= 0.6 is 0 Å². The van der Waals surface area contributed by atoms with Gasteiger partial charge in [0.25, 0.3) is 5.91 Å². The van der Waals surface area contributed by atoms with E-state index in [1.807, 2.05) is 0 Å². The van der Waals surface area contributed by atoms with Crippen LogP contribution in [0.1, 0.15) is 6.92 Å². The van der Waals surface area contributed by atoms with Gasteiger partial charge in [0.05, 0.1) is 13.2 Å². The van der Waals surface area contributed by atoms with Gasteiger partial charge in [0, 0.05) is 26.2 Å². The third kappa shape index (κ3) is 3.18. The van der Waals surface area contributed by atoms with E-state index in [1.54, 1.807) is 48.1 Å². The van der Waals surface area contributed by atoms with Crippen LogP contribution in [0.2, 0.25) is 0 Å². The molecule has 124 valence electrons. The number of methoxy groups -OCH3 is 1. The van der Waals surface area contributed by atoms with Gasteiger partial charge in [0.2, 0.25) is 0 Å². The molecule has 2 aliphatic heterocycles. The average molecular weight is 319 g/mol. The second-order valence-electron chi connectivity index (χ2n) is 5.75. The first-order valence-electron chi connectivity index (χ1n) is 7.72. The van der Waals surface area contributed by atoms with Crippen LogP contribution < -0.4 is 14.8 Å². The number of amides is 3. The number of nitrogens with zero attached hydrogens (tertiary/aromatic N) is 2. The highest BCUT2D eigenvalue weighted by molar-refractivity contribution is 5.82. The van der Waals surface area contributed by atoms with E-state index < -0.39 is 6.10 Å². The van der Waals surface area contributed by atoms with Gasteiger partial charge in [-0.05, 0) is 31.2 Å². The normalized spacial score (nSPS) is 21.5. The standard InChI is InChI=1S/C16H21N3O4/c1-11(23-14-5-3-13(22-2)4-6-14)15(20)18-7-8-19-12(10-18)9-17-16(19)21/h3-6,11-12H,7-10H2,1-2H3,(H,17,21)/t11-,12-/m0/s1. The Labute approximate surface area is 135 Å². The quantitative estimate of drug-likeness (QED) is 0.887. The van der Waals surface area contributed by atoms with Crippen molar-refractivity contribution in [3.05, 3.63) is 24.3 Å². The molecule has 7 nitrogen and oxygen atoms in total. The van der Waals surface area contributed by atoms with Crippen LogP contribution in [0.25, 0.3) is 0 Å². The lowest BCUT2D eigenvalue weighted by Crippen LogP contribution is -2.56. The van der Waals surface area contributed by atoms with E-state index in [0.29, 0.717) is 31.9 Å². The summed E-state index contributed by atoms with van der Waals surface area (Å²) in [4.78, 5) is 27.7. The molecule has 7 heteroatoms. The fourth-order valence-electron chi connectivity index (χ4n) is 2.97. The van der Waals surface area contributed by atoms with Crippen LogP contribution in [0, 0.1) is 0 Å². The van der Waals surface area contributed by atoms with Crippen molar-refractivity contribution in [1.29, 1.82) is 0 Å². The molecule has 0 saturated carbocycles. The topological polar surface area (TPSA) is 71.1 Å². The molecule has 3 rings (SSSR count). The Balaban J connectivity index is 1.57. The fourth-order valence-corrected chi connectivity index (χ4v) is 2.97. The molecule has 2 heterocycles. The minimum atomic E-state index is -0.569. The third-order valence-corrected chi connectivity index (χ3v) is 4.26. The predicted octanol–water partition coefficient (Wildman–Crippen LogP) is 0.698. The summed E-state index contributed by atoms with van der Waals surface area (Å²) in [5.41, 5.74) is 0. The van der Waals surface area contributed by atoms with Crippen molar-refractivity contribution < 1.29 is 19.1 Å². The number of hydrogen-bond acceptors (Lipinski definition) is 4. The predicted molar refractivity (Wildman–Crippen MR) is 83.6 cm³/mol. The summed E-state index contributed by atoms with van der Waals surface area (Å²) in [5, 5.41) is 2.81. The van der Waals surface area contributed by atoms with Crippen LogP contribution in [0.3, 0.4) is 0 Å². The summed E-state index contributed by atoms with van der Waals surface area (Å²) in [5.74, 6) is 1.31. The number of fused-ring (bicyclic) bond motifs is 1. The smallest absolute Gasteiger partial charge is 0.317 e. The number of rotatable bonds is 4. The highest BCUT2D eigenvalue weighted by Crippen LogP contribution is 2.20. The van der Waals surface area contributed by atoms with Gasteiger partial charge >= 0.3 is 6.03 Å². The third-order valence-electron chi connectivity index (χ3n) is 4.26. The van der Waals surface area contributed by atoms with Crippen molar-refractivity contribution in [3.63, 3.8) is 0 Å². The summed E-state index contributed by atoms with van der Waals surface area (Å²) in [6.07, 6.45) is -0.569. The summed E-state index contributed by atoms with van der Waals surface area (Å²) in [6, 6.07) is 7.17. The SMILES string of the molecule is COc1ccc(O[C@@H](C)C(=O)N2CCN3C(=O)NC[C@H]3C2)cc1. The van der Waals surface area contributed by atoms with Crippen LogP contribution in [-0.2, 0) is 4.79 Å². The lowest BCUT2D eigenvalue weighted by Gasteiger charge is -2.37. The van der Waals surface area contributed by atoms with Crippen LogP contribution in [0.4, 0.5) is 4.79 Å². The van der Waals surface area contributed by atoms with Crippen LogP contribution in [-0.4, -0.2) is 67.2 Å². The molecule has 2 atom stereocenters. The zero-order valence-electron chi connectivity index (χ0n) is 13.3. The Morgan fingerprint density at radius 1 is 1.26 bits per heavy atom. The average Bonchev–Trinajstić information content (AvgIpc) is 2.95. The van der Waals surface area contributed by atoms with Gasteiger partial charge in [-0.25, -0.2) is 4.79 Å². The molecule has 0 spiro atoms. The molecule has 0 bridgehead atoms. The molecule has 0 unspecified atom stereocenters. The number of hydrogen-bond donors (Lipinski definition) is 1. The number of benzene rings is 1. The Bertz CT molecular complexity index is 589. The van der Waals surface area contributed by atoms with Crippen LogP contribution in [0.5, 0.6) is 11.5 Å². The maximum atomic E-state index is 12.5. The Morgan fingerprint density at radius 2 is 1.96 bits per heavy atom. The maximum absolute atomic E-state index is 12.5. The molecule has 0 aliphatic carbocycles. The molecular weight excluding hydrogens is 298 g/mol. The lowest BCUT2D eigenvalue weighted by molar-refractivity contribution is -0.140. The number of nitrogens with one attached hydrogen (secondary N) is 1. The van der Waals surface area contributed by atoms with Gasteiger partial charge in [0.15, 0.2) is 6.10 Å². The number of piperazine rings is 1. The van der Waals surface area contributed by atoms with Gasteiger partial charge in [-0.2, -0.15) is 0 Å². The number of urea groups is 1. The van der Waals surface area contributed by atoms with Crippen LogP contribution in [0.15, 0.2) is 24.3 Å². The van der Waals surface area contributed by atoms with Crippen molar-refractivity contribution in [1.82, 2.24) is 15.1 Å². The van der Waals surface area contributed by atoms with Gasteiger partial charge in [0.1, 0.15) is 11.5 Å². The minimum absolute atomic E-state index is 0.0374. The summed E-state index contributed by atoms with van der Waals surface area (Å²) >= 11 is 0. The first kappa shape index (κ1) is 15.5. The number of carbonyl (C=O) groups excluding carboxylic acids is 2. The van der Waals surface area contributed by atoms with E-state index in [1.165, 1.54) is 0 Å². The van der Waals surface area contributed by atoms with Gasteiger partial charge in [-0.3, -0.25) is 4.79 Å². The largest absolute Gasteiger partial charge is 0.497 e. The van der Waals surface area contributed by atoms with Gasteiger partial charge < -0.3 is 24.6 Å². The van der Waals surface area contributed by atoms with Gasteiger partial charge in [-0.1, -0.05) is 0 Å². The van der Waals surface area contributed by atoms with E-state index >= 15 is 0 Å². The van der Waals surface area contributed by atoms with Crippen molar-refractivity contribution >= 4 is 11.9 Å². The first-order chi connectivity index (χ1) is 11.1. The summed E-state index contributed by atoms with van der Waals surface area (Å²) in [7, 11) is 1.60. The Kier molecular flexibility index (Phi) is 4.27. The summed E-state index contributed by atoms with van der Waals surface area (Å²) in [6.45, 7) is 4.00. The number of ether oxygens (including phenoxy) is 2. The van der Waals surface area contributed by atoms with Gasteiger partial charge in [-0.15, -0.1) is 0 Å². The van der Waals surface area contributed by atoms with E-state index in [2.05, 4.69) is 5.32 Å². The molecule has 2 fully saturated rings. The first-order valence-corrected chi connectivity index (χ1v) is 7.72. The van der Waals surface area contributed by atoms with Crippen molar-refractivity contribution in [2.75, 3.05) is 33.3 Å². The second-order valence-corrected chi connectivity index (χ2v) is 5.75. The van der Waals surface area contributed by atoms with E-state index in [4.69, 9.17) is 9.47 Å². The molecule has 23 heavy (non-hydrogen) atoms. The molecule has 1 N–H and O–H groups in total. The van der Waals surface area contributed by atoms with Crippen molar-refractivity contribution in [2.45, 2.75) is 19.1 Å². The number of carbonyl (C=O) groups is 2. The molecule has 1 aromatic rings. The minimum Gasteiger partial charge on any atom is -0.497 e. The second kappa shape index (κ2) is 6.36. The highest BCUT2D eigenvalue weighted by Gasteiger charge is 2.38. The molecular formula is C16H21N3O4. The molecule has 2 saturated heterocycles. The monoisotopic (exact) mass is 319 g/mol. The molecule has 2 aliphatic rings. The highest BCUT2D eigenvalue weighted by atomic mass is 16.5. The Hall–Kier alpha value is -2.44. The van der Waals surface area contributed by atoms with E-state index in [9.17, 15) is 9.59 Å². The zero-order chi connectivity index (χ0) is 16.4. The maximum Gasteiger partial charge on any atom is 0.317 e. The molecule has 0 aromatic heterocycles. The molecule has 1 aromatic carbocycles. The van der Waals surface area contributed by atoms with E-state index in [-0.39, 0.29) is 18.0 Å². The molecule has 0 radical (unpaired) electrons. The lowest BCUT2D eigenvalue weighted by atomic mass is 10.2. The molecule has 3 amide bonds. The van der Waals surface area contributed by atoms with Crippen molar-refractivity contribution in [3.8, 4) is 11.5 Å². The van der Waals surface area contributed by atoms with Crippen molar-refractivity contribution in [2.24, 2.45) is 0 Å². The zero-order valence-corrected chi connectivity index (χ0v) is 13.3. The summed E-state index contributed by atoms with van der Waals surface area (Å²) < 4.78 is 10.8. The fraction of sp³-hybridized carbons (Fsp3) is 0.500. The van der Waals surface area contributed by atoms with E-state index in [0.717, 1.165) is 5.75 Å². The Morgan fingerprint density at radius 3 is 2.65 bits per heavy atom.